The van der Waals surface area contributed by atoms with E-state index < -0.39 is 0 Å². The zero-order valence-corrected chi connectivity index (χ0v) is 15.6. The largest absolute Gasteiger partial charge is 0.360 e. The number of aromatic nitrogens is 1. The molecular formula is C18H30N4O3. The number of aryl methyl sites for hydroxylation is 1. The predicted octanol–water partition coefficient (Wildman–Crippen LogP) is 2.28. The van der Waals surface area contributed by atoms with Crippen molar-refractivity contribution in [2.24, 2.45) is 5.92 Å². The molecule has 25 heavy (non-hydrogen) atoms. The highest BCUT2D eigenvalue weighted by Crippen LogP contribution is 2.26. The topological polar surface area (TPSA) is 78.7 Å². The first kappa shape index (κ1) is 19.4. The maximum absolute atomic E-state index is 12.8. The Morgan fingerprint density at radius 2 is 1.92 bits per heavy atom. The molecule has 0 atom stereocenters. The molecule has 1 fully saturated rings. The van der Waals surface area contributed by atoms with Crippen LogP contribution in [0.4, 0.5) is 5.82 Å². The van der Waals surface area contributed by atoms with Crippen LogP contribution in [0.3, 0.4) is 0 Å². The van der Waals surface area contributed by atoms with Crippen LogP contribution in [-0.2, 0) is 9.59 Å². The minimum absolute atomic E-state index is 0.0580. The molecule has 1 aliphatic carbocycles. The first-order valence-electron chi connectivity index (χ1n) is 9.27. The maximum atomic E-state index is 12.8. The highest BCUT2D eigenvalue weighted by molar-refractivity contribution is 5.94. The predicted molar refractivity (Wildman–Crippen MR) is 96.2 cm³/mol. The molecule has 1 aliphatic rings. The fraction of sp³-hybridized carbons (Fsp3) is 0.722. The van der Waals surface area contributed by atoms with Crippen LogP contribution in [0.5, 0.6) is 0 Å². The Bertz CT molecular complexity index is 562. The van der Waals surface area contributed by atoms with Gasteiger partial charge in [-0.05, 0) is 32.9 Å². The summed E-state index contributed by atoms with van der Waals surface area (Å²) in [4.78, 5) is 29.1. The van der Waals surface area contributed by atoms with Crippen molar-refractivity contribution in [1.82, 2.24) is 15.0 Å². The van der Waals surface area contributed by atoms with Crippen molar-refractivity contribution in [2.75, 3.05) is 38.0 Å². The van der Waals surface area contributed by atoms with Gasteiger partial charge in [-0.3, -0.25) is 9.59 Å². The van der Waals surface area contributed by atoms with Crippen molar-refractivity contribution < 1.29 is 14.1 Å². The van der Waals surface area contributed by atoms with E-state index in [1.165, 1.54) is 0 Å². The van der Waals surface area contributed by atoms with Gasteiger partial charge in [0.15, 0.2) is 5.82 Å². The molecule has 0 bridgehead atoms. The highest BCUT2D eigenvalue weighted by Gasteiger charge is 2.28. The van der Waals surface area contributed by atoms with E-state index in [0.29, 0.717) is 18.1 Å². The molecule has 140 valence electrons. The lowest BCUT2D eigenvalue weighted by Gasteiger charge is -2.28. The second-order valence-corrected chi connectivity index (χ2v) is 6.64. The smallest absolute Gasteiger partial charge is 0.245 e. The van der Waals surface area contributed by atoms with E-state index in [1.807, 2.05) is 0 Å². The number of hydrogen-bond donors (Lipinski definition) is 1. The monoisotopic (exact) mass is 350 g/mol. The molecule has 1 heterocycles. The van der Waals surface area contributed by atoms with Crippen LogP contribution in [0, 0.1) is 12.8 Å². The molecule has 0 aromatic carbocycles. The Hall–Kier alpha value is -1.89. The molecule has 0 radical (unpaired) electrons. The summed E-state index contributed by atoms with van der Waals surface area (Å²) in [7, 11) is 0. The van der Waals surface area contributed by atoms with Gasteiger partial charge in [-0.2, -0.15) is 0 Å². The minimum Gasteiger partial charge on any atom is -0.360 e. The van der Waals surface area contributed by atoms with Crippen LogP contribution in [0.15, 0.2) is 10.6 Å². The van der Waals surface area contributed by atoms with E-state index in [-0.39, 0.29) is 24.3 Å². The fourth-order valence-corrected chi connectivity index (χ4v) is 3.28. The average Bonchev–Trinajstić information content (AvgIpc) is 3.26. The quantitative estimate of drug-likeness (QED) is 0.739. The molecule has 1 N–H and O–H groups in total. The molecule has 0 aliphatic heterocycles. The van der Waals surface area contributed by atoms with Crippen LogP contribution in [0.2, 0.25) is 0 Å². The van der Waals surface area contributed by atoms with Crippen molar-refractivity contribution in [1.29, 1.82) is 0 Å². The van der Waals surface area contributed by atoms with Crippen molar-refractivity contribution >= 4 is 17.6 Å². The van der Waals surface area contributed by atoms with Crippen LogP contribution in [0.25, 0.3) is 0 Å². The van der Waals surface area contributed by atoms with Gasteiger partial charge in [0, 0.05) is 25.1 Å². The Labute approximate surface area is 149 Å². The zero-order chi connectivity index (χ0) is 18.2. The Kier molecular flexibility index (Phi) is 7.43. The van der Waals surface area contributed by atoms with Crippen molar-refractivity contribution in [2.45, 2.75) is 46.5 Å². The van der Waals surface area contributed by atoms with Crippen LogP contribution < -0.4 is 5.32 Å². The Morgan fingerprint density at radius 3 is 2.48 bits per heavy atom. The van der Waals surface area contributed by atoms with Gasteiger partial charge in [0.1, 0.15) is 5.76 Å². The first-order chi connectivity index (χ1) is 12.0. The number of likely N-dealkylation sites (N-methyl/N-ethyl adjacent to an activating group) is 1. The van der Waals surface area contributed by atoms with Gasteiger partial charge < -0.3 is 19.6 Å². The van der Waals surface area contributed by atoms with Gasteiger partial charge in [-0.1, -0.05) is 31.8 Å². The molecular weight excluding hydrogens is 320 g/mol. The summed E-state index contributed by atoms with van der Waals surface area (Å²) in [5.41, 5.74) is 0. The van der Waals surface area contributed by atoms with Gasteiger partial charge in [0.05, 0.1) is 6.54 Å². The third-order valence-corrected chi connectivity index (χ3v) is 4.83. The fourth-order valence-electron chi connectivity index (χ4n) is 3.28. The maximum Gasteiger partial charge on any atom is 0.245 e. The molecule has 7 nitrogen and oxygen atoms in total. The number of carbonyl (C=O) groups is 2. The van der Waals surface area contributed by atoms with Crippen molar-refractivity contribution in [3.8, 4) is 0 Å². The number of carbonyl (C=O) groups excluding carboxylic acids is 2. The third kappa shape index (κ3) is 5.85. The minimum atomic E-state index is -0.237. The summed E-state index contributed by atoms with van der Waals surface area (Å²) in [6.45, 7) is 9.26. The van der Waals surface area contributed by atoms with Gasteiger partial charge in [0.2, 0.25) is 11.8 Å². The van der Waals surface area contributed by atoms with E-state index in [9.17, 15) is 9.59 Å². The lowest BCUT2D eigenvalue weighted by Crippen LogP contribution is -2.44. The molecule has 1 aromatic heterocycles. The number of rotatable bonds is 9. The van der Waals surface area contributed by atoms with Gasteiger partial charge in [-0.25, -0.2) is 0 Å². The van der Waals surface area contributed by atoms with E-state index in [4.69, 9.17) is 4.52 Å². The third-order valence-electron chi connectivity index (χ3n) is 4.83. The van der Waals surface area contributed by atoms with Gasteiger partial charge in [-0.15, -0.1) is 0 Å². The summed E-state index contributed by atoms with van der Waals surface area (Å²) in [6, 6.07) is 1.66. The van der Waals surface area contributed by atoms with Crippen LogP contribution in [0.1, 0.15) is 45.3 Å². The van der Waals surface area contributed by atoms with Gasteiger partial charge in [0.25, 0.3) is 0 Å². The number of nitrogens with zero attached hydrogens (tertiary/aromatic N) is 3. The van der Waals surface area contributed by atoms with Crippen LogP contribution >= 0.6 is 0 Å². The summed E-state index contributed by atoms with van der Waals surface area (Å²) < 4.78 is 4.96. The van der Waals surface area contributed by atoms with Gasteiger partial charge >= 0.3 is 0 Å². The highest BCUT2D eigenvalue weighted by atomic mass is 16.5. The Balaban J connectivity index is 1.96. The molecule has 0 spiro atoms. The molecule has 7 heteroatoms. The number of nitrogens with one attached hydrogen (secondary N) is 1. The SMILES string of the molecule is CCN(CC)CCN(CC(=O)Nc1cc(C)on1)C(=O)C1CCCC1. The zero-order valence-electron chi connectivity index (χ0n) is 15.6. The summed E-state index contributed by atoms with van der Waals surface area (Å²) in [6.07, 6.45) is 4.07. The Morgan fingerprint density at radius 1 is 1.24 bits per heavy atom. The van der Waals surface area contributed by atoms with E-state index in [0.717, 1.165) is 45.3 Å². The van der Waals surface area contributed by atoms with E-state index >= 15 is 0 Å². The molecule has 1 aromatic rings. The molecule has 2 rings (SSSR count). The van der Waals surface area contributed by atoms with Crippen LogP contribution in [-0.4, -0.2) is 59.5 Å². The van der Waals surface area contributed by atoms with E-state index in [2.05, 4.69) is 29.2 Å². The second-order valence-electron chi connectivity index (χ2n) is 6.64. The normalized spacial score (nSPS) is 14.9. The molecule has 1 saturated carbocycles. The van der Waals surface area contributed by atoms with E-state index in [1.54, 1.807) is 17.9 Å². The summed E-state index contributed by atoms with van der Waals surface area (Å²) in [5.74, 6) is 0.962. The summed E-state index contributed by atoms with van der Waals surface area (Å²) >= 11 is 0. The molecule has 2 amide bonds. The first-order valence-corrected chi connectivity index (χ1v) is 9.27. The number of anilines is 1. The standard InChI is InChI=1S/C18H30N4O3/c1-4-21(5-2)10-11-22(18(24)15-8-6-7-9-15)13-17(23)19-16-12-14(3)25-20-16/h12,15H,4-11,13H2,1-3H3,(H,19,20,23). The average molecular weight is 350 g/mol. The molecule has 0 unspecified atom stereocenters. The lowest BCUT2D eigenvalue weighted by molar-refractivity contribution is -0.138. The number of amides is 2. The number of hydrogen-bond acceptors (Lipinski definition) is 5. The lowest BCUT2D eigenvalue weighted by atomic mass is 10.1. The van der Waals surface area contributed by atoms with Crippen molar-refractivity contribution in [3.05, 3.63) is 11.8 Å². The van der Waals surface area contributed by atoms with Crippen molar-refractivity contribution in [3.63, 3.8) is 0 Å². The molecule has 0 saturated heterocycles. The second kappa shape index (κ2) is 9.56. The summed E-state index contributed by atoms with van der Waals surface area (Å²) in [5, 5.41) is 6.47.